The lowest BCUT2D eigenvalue weighted by Crippen LogP contribution is -2.52. The minimum Gasteiger partial charge on any atom is -0.497 e. The van der Waals surface area contributed by atoms with Crippen LogP contribution >= 0.6 is 0 Å². The Morgan fingerprint density at radius 2 is 1.53 bits per heavy atom. The fourth-order valence-corrected chi connectivity index (χ4v) is 4.83. The Balaban J connectivity index is 1.64. The molecule has 1 atom stereocenters. The van der Waals surface area contributed by atoms with Gasteiger partial charge in [-0.15, -0.1) is 0 Å². The van der Waals surface area contributed by atoms with Crippen molar-refractivity contribution in [1.29, 1.82) is 0 Å². The molecule has 5 heteroatoms. The maximum absolute atomic E-state index is 13.8. The topological polar surface area (TPSA) is 58.6 Å². The predicted octanol–water partition coefficient (Wildman–Crippen LogP) is 5.25. The number of ether oxygens (including phenoxy) is 1. The van der Waals surface area contributed by atoms with E-state index in [1.165, 1.54) is 0 Å². The number of benzene rings is 3. The molecule has 0 saturated heterocycles. The third-order valence-corrected chi connectivity index (χ3v) is 6.96. The summed E-state index contributed by atoms with van der Waals surface area (Å²) in [5.74, 6) is 0.616. The van der Waals surface area contributed by atoms with Crippen LogP contribution in [-0.2, 0) is 29.0 Å². The van der Waals surface area contributed by atoms with Crippen molar-refractivity contribution in [1.82, 2.24) is 10.2 Å². The second-order valence-corrected chi connectivity index (χ2v) is 9.73. The minimum absolute atomic E-state index is 0.0664. The maximum Gasteiger partial charge on any atom is 0.243 e. The van der Waals surface area contributed by atoms with Crippen molar-refractivity contribution in [3.63, 3.8) is 0 Å². The molecule has 2 amide bonds. The van der Waals surface area contributed by atoms with Gasteiger partial charge in [0.25, 0.3) is 0 Å². The molecule has 188 valence electrons. The van der Waals surface area contributed by atoms with Crippen LogP contribution in [0.1, 0.15) is 47.9 Å². The molecule has 36 heavy (non-hydrogen) atoms. The van der Waals surface area contributed by atoms with Gasteiger partial charge in [0, 0.05) is 19.0 Å². The molecule has 1 fully saturated rings. The largest absolute Gasteiger partial charge is 0.497 e. The predicted molar refractivity (Wildman–Crippen MR) is 143 cm³/mol. The lowest BCUT2D eigenvalue weighted by atomic mass is 10.0. The van der Waals surface area contributed by atoms with Gasteiger partial charge in [-0.1, -0.05) is 85.1 Å². The van der Waals surface area contributed by atoms with E-state index in [9.17, 15) is 9.59 Å². The number of aryl methyl sites for hydroxylation is 1. The number of methoxy groups -OCH3 is 1. The van der Waals surface area contributed by atoms with Gasteiger partial charge >= 0.3 is 0 Å². The van der Waals surface area contributed by atoms with E-state index in [1.807, 2.05) is 85.8 Å². The first-order valence-electron chi connectivity index (χ1n) is 12.8. The molecular weight excluding hydrogens is 448 g/mol. The van der Waals surface area contributed by atoms with Crippen molar-refractivity contribution >= 4 is 11.8 Å². The number of carbonyl (C=O) groups excluding carboxylic acids is 2. The third kappa shape index (κ3) is 6.97. The molecule has 4 rings (SSSR count). The van der Waals surface area contributed by atoms with Crippen LogP contribution in [0.15, 0.2) is 78.9 Å². The highest BCUT2D eigenvalue weighted by molar-refractivity contribution is 5.89. The highest BCUT2D eigenvalue weighted by atomic mass is 16.5. The molecule has 1 N–H and O–H groups in total. The second kappa shape index (κ2) is 12.4. The minimum atomic E-state index is -0.597. The quantitative estimate of drug-likeness (QED) is 0.428. The van der Waals surface area contributed by atoms with Crippen LogP contribution in [0.3, 0.4) is 0 Å². The van der Waals surface area contributed by atoms with E-state index >= 15 is 0 Å². The monoisotopic (exact) mass is 484 g/mol. The molecule has 0 spiro atoms. The molecule has 0 aromatic heterocycles. The maximum atomic E-state index is 13.8. The summed E-state index contributed by atoms with van der Waals surface area (Å²) >= 11 is 0. The number of nitrogens with one attached hydrogen (secondary N) is 1. The van der Waals surface area contributed by atoms with Gasteiger partial charge in [0.05, 0.1) is 13.5 Å². The van der Waals surface area contributed by atoms with Gasteiger partial charge in [-0.05, 0) is 48.6 Å². The number of hydrogen-bond acceptors (Lipinski definition) is 3. The fourth-order valence-electron chi connectivity index (χ4n) is 4.83. The van der Waals surface area contributed by atoms with E-state index in [2.05, 4.69) is 5.32 Å². The Bertz CT molecular complexity index is 1120. The van der Waals surface area contributed by atoms with Crippen LogP contribution in [0.2, 0.25) is 0 Å². The van der Waals surface area contributed by atoms with Gasteiger partial charge in [0.15, 0.2) is 0 Å². The summed E-state index contributed by atoms with van der Waals surface area (Å²) in [7, 11) is 1.63. The highest BCUT2D eigenvalue weighted by Crippen LogP contribution is 2.21. The van der Waals surface area contributed by atoms with Crippen LogP contribution in [0.25, 0.3) is 0 Å². The van der Waals surface area contributed by atoms with Crippen LogP contribution < -0.4 is 10.1 Å². The van der Waals surface area contributed by atoms with Crippen LogP contribution in [0.5, 0.6) is 5.75 Å². The summed E-state index contributed by atoms with van der Waals surface area (Å²) in [5.41, 5.74) is 4.10. The normalized spacial score (nSPS) is 14.3. The molecule has 1 saturated carbocycles. The van der Waals surface area contributed by atoms with Crippen molar-refractivity contribution in [3.8, 4) is 5.75 Å². The zero-order chi connectivity index (χ0) is 25.3. The summed E-state index contributed by atoms with van der Waals surface area (Å²) < 4.78 is 5.26. The van der Waals surface area contributed by atoms with Gasteiger partial charge in [0.2, 0.25) is 11.8 Å². The van der Waals surface area contributed by atoms with E-state index in [0.29, 0.717) is 13.0 Å². The van der Waals surface area contributed by atoms with Crippen LogP contribution in [-0.4, -0.2) is 35.9 Å². The zero-order valence-corrected chi connectivity index (χ0v) is 21.3. The lowest BCUT2D eigenvalue weighted by Gasteiger charge is -2.32. The Morgan fingerprint density at radius 3 is 2.17 bits per heavy atom. The number of hydrogen-bond donors (Lipinski definition) is 1. The molecule has 5 nitrogen and oxygen atoms in total. The van der Waals surface area contributed by atoms with E-state index < -0.39 is 6.04 Å². The van der Waals surface area contributed by atoms with Crippen molar-refractivity contribution < 1.29 is 14.3 Å². The molecular formula is C31H36N2O3. The molecule has 1 aliphatic rings. The summed E-state index contributed by atoms with van der Waals surface area (Å²) in [5, 5.41) is 3.26. The third-order valence-electron chi connectivity index (χ3n) is 6.96. The Kier molecular flexibility index (Phi) is 8.77. The fraction of sp³-hybridized carbons (Fsp3) is 0.355. The van der Waals surface area contributed by atoms with Gasteiger partial charge in [0.1, 0.15) is 11.8 Å². The summed E-state index contributed by atoms with van der Waals surface area (Å²) in [6.45, 7) is 2.43. The lowest BCUT2D eigenvalue weighted by molar-refractivity contribution is -0.141. The standard InChI is InChI=1S/C31H36N2O3/c1-23-12-14-26(15-13-23)22-33(30(34)21-25-16-18-28(36-2)19-17-25)29(20-24-8-4-3-5-9-24)31(35)32-27-10-6-7-11-27/h3-5,8-9,12-19,27,29H,6-7,10-11,20-22H2,1-2H3,(H,32,35)/t29-/m0/s1. The Morgan fingerprint density at radius 1 is 0.889 bits per heavy atom. The number of amides is 2. The van der Waals surface area contributed by atoms with Gasteiger partial charge < -0.3 is 15.0 Å². The molecule has 0 heterocycles. The smallest absolute Gasteiger partial charge is 0.243 e. The van der Waals surface area contributed by atoms with E-state index in [0.717, 1.165) is 53.7 Å². The van der Waals surface area contributed by atoms with Crippen LogP contribution in [0, 0.1) is 6.92 Å². The first-order valence-corrected chi connectivity index (χ1v) is 12.8. The van der Waals surface area contributed by atoms with E-state index in [1.54, 1.807) is 12.0 Å². The van der Waals surface area contributed by atoms with E-state index in [-0.39, 0.29) is 24.3 Å². The van der Waals surface area contributed by atoms with Crippen molar-refractivity contribution in [2.24, 2.45) is 0 Å². The molecule has 0 bridgehead atoms. The number of carbonyl (C=O) groups is 2. The zero-order valence-electron chi connectivity index (χ0n) is 21.3. The van der Waals surface area contributed by atoms with Crippen molar-refractivity contribution in [2.45, 2.75) is 64.1 Å². The van der Waals surface area contributed by atoms with Crippen LogP contribution in [0.4, 0.5) is 0 Å². The average molecular weight is 485 g/mol. The number of nitrogens with zero attached hydrogens (tertiary/aromatic N) is 1. The van der Waals surface area contributed by atoms with Crippen molar-refractivity contribution in [3.05, 3.63) is 101 Å². The molecule has 3 aromatic carbocycles. The first-order chi connectivity index (χ1) is 17.5. The highest BCUT2D eigenvalue weighted by Gasteiger charge is 2.32. The molecule has 1 aliphatic carbocycles. The van der Waals surface area contributed by atoms with Gasteiger partial charge in [-0.3, -0.25) is 9.59 Å². The molecule has 0 radical (unpaired) electrons. The molecule has 3 aromatic rings. The average Bonchev–Trinajstić information content (AvgIpc) is 3.41. The van der Waals surface area contributed by atoms with Gasteiger partial charge in [-0.2, -0.15) is 0 Å². The summed E-state index contributed by atoms with van der Waals surface area (Å²) in [4.78, 5) is 29.3. The van der Waals surface area contributed by atoms with Gasteiger partial charge in [-0.25, -0.2) is 0 Å². The summed E-state index contributed by atoms with van der Waals surface area (Å²) in [6, 6.07) is 25.3. The van der Waals surface area contributed by atoms with Crippen molar-refractivity contribution in [2.75, 3.05) is 7.11 Å². The Hall–Kier alpha value is -3.60. The first kappa shape index (κ1) is 25.5. The van der Waals surface area contributed by atoms with E-state index in [4.69, 9.17) is 4.74 Å². The Labute approximate surface area is 214 Å². The molecule has 0 aliphatic heterocycles. The second-order valence-electron chi connectivity index (χ2n) is 9.73. The molecule has 0 unspecified atom stereocenters. The SMILES string of the molecule is COc1ccc(CC(=O)N(Cc2ccc(C)cc2)[C@@H](Cc2ccccc2)C(=O)NC2CCCC2)cc1. The summed E-state index contributed by atoms with van der Waals surface area (Å²) in [6.07, 6.45) is 4.97. The number of rotatable bonds is 10.